The van der Waals surface area contributed by atoms with Gasteiger partial charge in [0.05, 0.1) is 12.6 Å². The molecule has 0 aliphatic rings. The Bertz CT molecular complexity index is 472. The van der Waals surface area contributed by atoms with Crippen molar-refractivity contribution in [1.82, 2.24) is 10.6 Å². The largest absolute Gasteiger partial charge is 0.479 e. The maximum atomic E-state index is 11.5. The maximum Gasteiger partial charge on any atom is 0.334 e. The number of aliphatic hydroxyl groups excluding tert-OH is 1. The van der Waals surface area contributed by atoms with E-state index >= 15 is 0 Å². The van der Waals surface area contributed by atoms with Gasteiger partial charge in [-0.1, -0.05) is 0 Å². The quantitative estimate of drug-likeness (QED) is 0.653. The van der Waals surface area contributed by atoms with E-state index in [-0.39, 0.29) is 12.6 Å². The number of hydrogen-bond acceptors (Lipinski definition) is 4. The summed E-state index contributed by atoms with van der Waals surface area (Å²) in [4.78, 5) is 24.2. The van der Waals surface area contributed by atoms with E-state index in [4.69, 9.17) is 10.2 Å². The van der Waals surface area contributed by atoms with Crippen LogP contribution in [0.4, 0.5) is 4.79 Å². The Labute approximate surface area is 115 Å². The molecule has 6 nitrogen and oxygen atoms in total. The lowest BCUT2D eigenvalue weighted by Crippen LogP contribution is -2.42. The molecule has 0 aliphatic heterocycles. The van der Waals surface area contributed by atoms with Gasteiger partial charge in [-0.2, -0.15) is 0 Å². The molecular weight excluding hydrogens is 268 g/mol. The lowest BCUT2D eigenvalue weighted by molar-refractivity contribution is -0.146. The van der Waals surface area contributed by atoms with Crippen molar-refractivity contribution in [3.05, 3.63) is 21.4 Å². The van der Waals surface area contributed by atoms with Crippen LogP contribution in [0, 0.1) is 13.8 Å². The third-order valence-corrected chi connectivity index (χ3v) is 3.62. The Hall–Kier alpha value is -1.60. The maximum absolute atomic E-state index is 11.5. The molecule has 0 spiro atoms. The molecule has 19 heavy (non-hydrogen) atoms. The normalized spacial score (nSPS) is 13.7. The fraction of sp³-hybridized carbons (Fsp3) is 0.500. The Balaban J connectivity index is 2.48. The summed E-state index contributed by atoms with van der Waals surface area (Å²) in [5, 5.41) is 22.5. The van der Waals surface area contributed by atoms with Crippen molar-refractivity contribution in [3.8, 4) is 0 Å². The average molecular weight is 286 g/mol. The molecule has 0 fully saturated rings. The molecule has 4 N–H and O–H groups in total. The highest BCUT2D eigenvalue weighted by atomic mass is 32.1. The molecule has 1 aromatic rings. The first-order valence-corrected chi connectivity index (χ1v) is 6.65. The molecule has 106 valence electrons. The van der Waals surface area contributed by atoms with Crippen LogP contribution in [0.1, 0.15) is 28.3 Å². The molecule has 1 heterocycles. The summed E-state index contributed by atoms with van der Waals surface area (Å²) < 4.78 is 0. The Morgan fingerprint density at radius 1 is 1.42 bits per heavy atom. The van der Waals surface area contributed by atoms with Crippen molar-refractivity contribution < 1.29 is 19.8 Å². The van der Waals surface area contributed by atoms with Crippen LogP contribution in [0.2, 0.25) is 0 Å². The zero-order valence-corrected chi connectivity index (χ0v) is 11.9. The number of nitrogens with one attached hydrogen (secondary N) is 2. The van der Waals surface area contributed by atoms with Crippen LogP contribution in [-0.2, 0) is 4.79 Å². The molecule has 1 unspecified atom stereocenters. The number of carbonyl (C=O) groups excluding carboxylic acids is 1. The molecule has 0 saturated heterocycles. The van der Waals surface area contributed by atoms with Gasteiger partial charge in [0, 0.05) is 9.75 Å². The molecule has 1 rings (SSSR count). The van der Waals surface area contributed by atoms with Gasteiger partial charge in [-0.05, 0) is 32.4 Å². The number of carboxylic acids is 1. The van der Waals surface area contributed by atoms with Crippen molar-refractivity contribution in [2.24, 2.45) is 0 Å². The molecule has 1 aromatic heterocycles. The van der Waals surface area contributed by atoms with Crippen molar-refractivity contribution in [1.29, 1.82) is 0 Å². The van der Waals surface area contributed by atoms with Gasteiger partial charge in [0.15, 0.2) is 6.10 Å². The summed E-state index contributed by atoms with van der Waals surface area (Å²) in [6.07, 6.45) is -1.59. The first kappa shape index (κ1) is 15.5. The molecule has 0 bridgehead atoms. The Kier molecular flexibility index (Phi) is 5.31. The molecular formula is C12H18N2O4S. The predicted octanol–water partition coefficient (Wildman–Crippen LogP) is 1.17. The van der Waals surface area contributed by atoms with Gasteiger partial charge in [-0.15, -0.1) is 11.3 Å². The van der Waals surface area contributed by atoms with Crippen LogP contribution in [-0.4, -0.2) is 34.9 Å². The monoisotopic (exact) mass is 286 g/mol. The minimum absolute atomic E-state index is 0.174. The number of aliphatic hydroxyl groups is 1. The molecule has 0 saturated carbocycles. The van der Waals surface area contributed by atoms with E-state index in [1.807, 2.05) is 26.8 Å². The number of rotatable bonds is 5. The molecule has 2 atom stereocenters. The van der Waals surface area contributed by atoms with Gasteiger partial charge in [-0.3, -0.25) is 0 Å². The molecule has 7 heteroatoms. The second-order valence-corrected chi connectivity index (χ2v) is 5.76. The van der Waals surface area contributed by atoms with Crippen LogP contribution in [0.5, 0.6) is 0 Å². The highest BCUT2D eigenvalue weighted by Gasteiger charge is 2.16. The van der Waals surface area contributed by atoms with Gasteiger partial charge in [-0.25, -0.2) is 9.59 Å². The topological polar surface area (TPSA) is 98.7 Å². The SMILES string of the molecule is Cc1cc(C(C)NC(=O)NC[C@H](O)C(=O)O)c(C)s1. The van der Waals surface area contributed by atoms with Crippen molar-refractivity contribution in [3.63, 3.8) is 0 Å². The summed E-state index contributed by atoms with van der Waals surface area (Å²) in [6, 6.07) is 1.33. The van der Waals surface area contributed by atoms with Crippen LogP contribution in [0.25, 0.3) is 0 Å². The van der Waals surface area contributed by atoms with E-state index in [9.17, 15) is 9.59 Å². The summed E-state index contributed by atoms with van der Waals surface area (Å²) in [7, 11) is 0. The first-order chi connectivity index (χ1) is 8.81. The number of aryl methyl sites for hydroxylation is 2. The minimum atomic E-state index is -1.59. The van der Waals surface area contributed by atoms with Crippen LogP contribution >= 0.6 is 11.3 Å². The van der Waals surface area contributed by atoms with E-state index in [1.165, 1.54) is 4.88 Å². The molecule has 0 aliphatic carbocycles. The third kappa shape index (κ3) is 4.53. The number of amides is 2. The van der Waals surface area contributed by atoms with Crippen LogP contribution in [0.15, 0.2) is 6.07 Å². The van der Waals surface area contributed by atoms with Gasteiger partial charge in [0.25, 0.3) is 0 Å². The standard InChI is InChI=1S/C12H18N2O4S/c1-6-4-9(8(3)19-6)7(2)14-12(18)13-5-10(15)11(16)17/h4,7,10,15H,5H2,1-3H3,(H,16,17)(H2,13,14,18)/t7?,10-/m0/s1. The van der Waals surface area contributed by atoms with Gasteiger partial charge < -0.3 is 20.8 Å². The second-order valence-electron chi connectivity index (χ2n) is 4.30. The number of urea groups is 1. The highest BCUT2D eigenvalue weighted by molar-refractivity contribution is 7.12. The summed E-state index contributed by atoms with van der Waals surface area (Å²) in [5.74, 6) is -1.36. The third-order valence-electron chi connectivity index (χ3n) is 2.63. The number of aliphatic carboxylic acids is 1. The lowest BCUT2D eigenvalue weighted by atomic mass is 10.1. The smallest absolute Gasteiger partial charge is 0.334 e. The van der Waals surface area contributed by atoms with Gasteiger partial charge in [0.2, 0.25) is 0 Å². The highest BCUT2D eigenvalue weighted by Crippen LogP contribution is 2.25. The van der Waals surface area contributed by atoms with E-state index < -0.39 is 18.1 Å². The Morgan fingerprint density at radius 3 is 2.53 bits per heavy atom. The fourth-order valence-corrected chi connectivity index (χ4v) is 2.70. The number of hydrogen-bond donors (Lipinski definition) is 4. The van der Waals surface area contributed by atoms with E-state index in [0.29, 0.717) is 0 Å². The Morgan fingerprint density at radius 2 is 2.05 bits per heavy atom. The van der Waals surface area contributed by atoms with E-state index in [0.717, 1.165) is 10.4 Å². The fourth-order valence-electron chi connectivity index (χ4n) is 1.68. The van der Waals surface area contributed by atoms with Crippen molar-refractivity contribution in [2.45, 2.75) is 32.9 Å². The van der Waals surface area contributed by atoms with Crippen molar-refractivity contribution in [2.75, 3.05) is 6.54 Å². The molecule has 0 aromatic carbocycles. The number of carbonyl (C=O) groups is 2. The van der Waals surface area contributed by atoms with Crippen LogP contribution in [0.3, 0.4) is 0 Å². The number of thiophene rings is 1. The second kappa shape index (κ2) is 6.53. The zero-order chi connectivity index (χ0) is 14.6. The zero-order valence-electron chi connectivity index (χ0n) is 11.1. The lowest BCUT2D eigenvalue weighted by Gasteiger charge is -2.15. The van der Waals surface area contributed by atoms with Crippen molar-refractivity contribution >= 4 is 23.3 Å². The summed E-state index contributed by atoms with van der Waals surface area (Å²) >= 11 is 1.66. The van der Waals surface area contributed by atoms with E-state index in [2.05, 4.69) is 10.6 Å². The summed E-state index contributed by atoms with van der Waals surface area (Å²) in [5.41, 5.74) is 1.04. The average Bonchev–Trinajstić information content (AvgIpc) is 2.65. The number of carboxylic acid groups (broad SMARTS) is 1. The predicted molar refractivity (Wildman–Crippen MR) is 72.4 cm³/mol. The minimum Gasteiger partial charge on any atom is -0.479 e. The summed E-state index contributed by atoms with van der Waals surface area (Å²) in [6.45, 7) is 5.51. The first-order valence-electron chi connectivity index (χ1n) is 5.83. The van der Waals surface area contributed by atoms with Gasteiger partial charge >= 0.3 is 12.0 Å². The molecule has 2 amide bonds. The van der Waals surface area contributed by atoms with E-state index in [1.54, 1.807) is 11.3 Å². The molecule has 0 radical (unpaired) electrons. The van der Waals surface area contributed by atoms with Gasteiger partial charge in [0.1, 0.15) is 0 Å². The van der Waals surface area contributed by atoms with Crippen LogP contribution < -0.4 is 10.6 Å².